The number of nitrogens with zero attached hydrogens (tertiary/aromatic N) is 2. The summed E-state index contributed by atoms with van der Waals surface area (Å²) in [5, 5.41) is 6.13. The fourth-order valence-corrected chi connectivity index (χ4v) is 1.98. The first-order valence-electron chi connectivity index (χ1n) is 6.75. The number of hydrogen-bond donors (Lipinski definition) is 2. The van der Waals surface area contributed by atoms with Gasteiger partial charge in [0.15, 0.2) is 0 Å². The van der Waals surface area contributed by atoms with Crippen molar-refractivity contribution in [3.63, 3.8) is 0 Å². The molecule has 2 aromatic rings. The van der Waals surface area contributed by atoms with E-state index in [1.165, 1.54) is 6.07 Å². The summed E-state index contributed by atoms with van der Waals surface area (Å²) in [7, 11) is 0. The number of nitrogens with one attached hydrogen (secondary N) is 2. The Kier molecular flexibility index (Phi) is 5.11. The molecule has 0 saturated carbocycles. The van der Waals surface area contributed by atoms with E-state index in [9.17, 15) is 4.79 Å². The van der Waals surface area contributed by atoms with E-state index in [4.69, 9.17) is 11.6 Å². The van der Waals surface area contributed by atoms with Crippen LogP contribution >= 0.6 is 11.6 Å². The van der Waals surface area contributed by atoms with Gasteiger partial charge in [0.2, 0.25) is 0 Å². The predicted octanol–water partition coefficient (Wildman–Crippen LogP) is 3.51. The van der Waals surface area contributed by atoms with Gasteiger partial charge in [0, 0.05) is 17.8 Å². The third-order valence-corrected chi connectivity index (χ3v) is 2.94. The highest BCUT2D eigenvalue weighted by Crippen LogP contribution is 2.16. The SMILES string of the molecule is CCCNc1cc(C(=O)Nc2cccc(C)n2)cc(Cl)n1. The Bertz CT molecular complexity index is 645. The topological polar surface area (TPSA) is 66.9 Å². The fourth-order valence-electron chi connectivity index (χ4n) is 1.77. The molecule has 6 heteroatoms. The second-order valence-corrected chi connectivity index (χ2v) is 5.00. The minimum atomic E-state index is -0.267. The normalized spacial score (nSPS) is 10.2. The quantitative estimate of drug-likeness (QED) is 0.830. The molecule has 0 aliphatic rings. The third kappa shape index (κ3) is 4.43. The smallest absolute Gasteiger partial charge is 0.257 e. The van der Waals surface area contributed by atoms with Crippen LogP contribution in [-0.4, -0.2) is 22.4 Å². The highest BCUT2D eigenvalue weighted by molar-refractivity contribution is 6.30. The van der Waals surface area contributed by atoms with Crippen molar-refractivity contribution in [1.29, 1.82) is 0 Å². The van der Waals surface area contributed by atoms with Gasteiger partial charge < -0.3 is 10.6 Å². The van der Waals surface area contributed by atoms with Gasteiger partial charge in [0.1, 0.15) is 16.8 Å². The predicted molar refractivity (Wildman–Crippen MR) is 85.0 cm³/mol. The van der Waals surface area contributed by atoms with Crippen molar-refractivity contribution in [1.82, 2.24) is 9.97 Å². The van der Waals surface area contributed by atoms with Crippen molar-refractivity contribution >= 4 is 29.1 Å². The summed E-state index contributed by atoms with van der Waals surface area (Å²) in [6.07, 6.45) is 0.961. The molecule has 5 nitrogen and oxygen atoms in total. The van der Waals surface area contributed by atoms with Gasteiger partial charge >= 0.3 is 0 Å². The van der Waals surface area contributed by atoms with Crippen LogP contribution in [0.3, 0.4) is 0 Å². The van der Waals surface area contributed by atoms with Gasteiger partial charge in [-0.1, -0.05) is 24.6 Å². The van der Waals surface area contributed by atoms with Crippen molar-refractivity contribution in [3.05, 3.63) is 46.7 Å². The Morgan fingerprint density at radius 3 is 2.76 bits per heavy atom. The Hall–Kier alpha value is -2.14. The number of amides is 1. The second kappa shape index (κ2) is 7.04. The maximum atomic E-state index is 12.2. The van der Waals surface area contributed by atoms with Crippen LogP contribution in [0, 0.1) is 6.92 Å². The maximum Gasteiger partial charge on any atom is 0.257 e. The molecule has 2 rings (SSSR count). The summed E-state index contributed by atoms with van der Waals surface area (Å²) < 4.78 is 0. The lowest BCUT2D eigenvalue weighted by Crippen LogP contribution is -2.14. The number of carbonyl (C=O) groups is 1. The monoisotopic (exact) mass is 304 g/mol. The van der Waals surface area contributed by atoms with Crippen LogP contribution < -0.4 is 10.6 Å². The van der Waals surface area contributed by atoms with Crippen LogP contribution in [0.4, 0.5) is 11.6 Å². The molecule has 0 aliphatic heterocycles. The van der Waals surface area contributed by atoms with Crippen molar-refractivity contribution < 1.29 is 4.79 Å². The Morgan fingerprint density at radius 1 is 1.24 bits per heavy atom. The van der Waals surface area contributed by atoms with E-state index in [0.29, 0.717) is 17.2 Å². The van der Waals surface area contributed by atoms with Gasteiger partial charge in [0.05, 0.1) is 0 Å². The first-order chi connectivity index (χ1) is 10.1. The average Bonchev–Trinajstić information content (AvgIpc) is 2.44. The lowest BCUT2D eigenvalue weighted by molar-refractivity contribution is 0.102. The molecule has 0 atom stereocenters. The van der Waals surface area contributed by atoms with Crippen molar-refractivity contribution in [2.24, 2.45) is 0 Å². The lowest BCUT2D eigenvalue weighted by atomic mass is 10.2. The van der Waals surface area contributed by atoms with E-state index in [1.807, 2.05) is 19.1 Å². The largest absolute Gasteiger partial charge is 0.370 e. The van der Waals surface area contributed by atoms with Crippen molar-refractivity contribution in [2.75, 3.05) is 17.2 Å². The average molecular weight is 305 g/mol. The lowest BCUT2D eigenvalue weighted by Gasteiger charge is -2.08. The molecule has 2 aromatic heterocycles. The molecule has 2 N–H and O–H groups in total. The molecular formula is C15H17ClN4O. The fraction of sp³-hybridized carbons (Fsp3) is 0.267. The molecule has 0 bridgehead atoms. The van der Waals surface area contributed by atoms with E-state index in [0.717, 1.165) is 18.7 Å². The molecule has 0 aliphatic carbocycles. The first-order valence-corrected chi connectivity index (χ1v) is 7.12. The summed E-state index contributed by atoms with van der Waals surface area (Å²) in [6.45, 7) is 4.69. The number of rotatable bonds is 5. The summed E-state index contributed by atoms with van der Waals surface area (Å²) >= 11 is 5.95. The molecule has 110 valence electrons. The number of carbonyl (C=O) groups excluding carboxylic acids is 1. The summed E-state index contributed by atoms with van der Waals surface area (Å²) in [6, 6.07) is 8.65. The number of halogens is 1. The van der Waals surface area contributed by atoms with Gasteiger partial charge in [0.25, 0.3) is 5.91 Å². The van der Waals surface area contributed by atoms with Crippen molar-refractivity contribution in [3.8, 4) is 0 Å². The van der Waals surface area contributed by atoms with Gasteiger partial charge in [-0.05, 0) is 37.6 Å². The number of aryl methyl sites for hydroxylation is 1. The number of aromatic nitrogens is 2. The van der Waals surface area contributed by atoms with Gasteiger partial charge in [-0.15, -0.1) is 0 Å². The first kappa shape index (κ1) is 15.3. The van der Waals surface area contributed by atoms with Crippen LogP contribution in [0.2, 0.25) is 5.15 Å². The van der Waals surface area contributed by atoms with Crippen LogP contribution in [0.25, 0.3) is 0 Å². The Labute approximate surface area is 128 Å². The third-order valence-electron chi connectivity index (χ3n) is 2.74. The highest BCUT2D eigenvalue weighted by atomic mass is 35.5. The molecular weight excluding hydrogens is 288 g/mol. The van der Waals surface area contributed by atoms with E-state index in [2.05, 4.69) is 27.5 Å². The summed E-state index contributed by atoms with van der Waals surface area (Å²) in [5.41, 5.74) is 1.28. The van der Waals surface area contributed by atoms with Crippen LogP contribution in [0.5, 0.6) is 0 Å². The Morgan fingerprint density at radius 2 is 2.05 bits per heavy atom. The van der Waals surface area contributed by atoms with E-state index in [1.54, 1.807) is 12.1 Å². The molecule has 0 fully saturated rings. The second-order valence-electron chi connectivity index (χ2n) is 4.61. The van der Waals surface area contributed by atoms with Gasteiger partial charge in [-0.25, -0.2) is 9.97 Å². The molecule has 0 unspecified atom stereocenters. The number of anilines is 2. The number of pyridine rings is 2. The summed E-state index contributed by atoms with van der Waals surface area (Å²) in [5.74, 6) is 0.833. The van der Waals surface area contributed by atoms with Crippen LogP contribution in [0.15, 0.2) is 30.3 Å². The highest BCUT2D eigenvalue weighted by Gasteiger charge is 2.10. The Balaban J connectivity index is 2.16. The molecule has 0 radical (unpaired) electrons. The number of hydrogen-bond acceptors (Lipinski definition) is 4. The zero-order chi connectivity index (χ0) is 15.2. The maximum absolute atomic E-state index is 12.2. The van der Waals surface area contributed by atoms with E-state index >= 15 is 0 Å². The molecule has 0 spiro atoms. The van der Waals surface area contributed by atoms with Crippen LogP contribution in [-0.2, 0) is 0 Å². The van der Waals surface area contributed by atoms with Gasteiger partial charge in [-0.3, -0.25) is 4.79 Å². The minimum Gasteiger partial charge on any atom is -0.370 e. The van der Waals surface area contributed by atoms with Crippen molar-refractivity contribution in [2.45, 2.75) is 20.3 Å². The molecule has 21 heavy (non-hydrogen) atoms. The molecule has 2 heterocycles. The molecule has 1 amide bonds. The molecule has 0 aromatic carbocycles. The van der Waals surface area contributed by atoms with E-state index in [-0.39, 0.29) is 11.1 Å². The van der Waals surface area contributed by atoms with E-state index < -0.39 is 0 Å². The van der Waals surface area contributed by atoms with Gasteiger partial charge in [-0.2, -0.15) is 0 Å². The zero-order valence-corrected chi connectivity index (χ0v) is 12.7. The molecule has 0 saturated heterocycles. The zero-order valence-electron chi connectivity index (χ0n) is 12.0. The van der Waals surface area contributed by atoms with Crippen LogP contribution in [0.1, 0.15) is 29.4 Å². The summed E-state index contributed by atoms with van der Waals surface area (Å²) in [4.78, 5) is 20.6. The minimum absolute atomic E-state index is 0.267. The standard InChI is InChI=1S/C15H17ClN4O/c1-3-7-17-14-9-11(8-12(16)19-14)15(21)20-13-6-4-5-10(2)18-13/h4-6,8-9H,3,7H2,1-2H3,(H,17,19)(H,18,20,21).